The Morgan fingerprint density at radius 1 is 1.16 bits per heavy atom. The van der Waals surface area contributed by atoms with E-state index in [0.717, 1.165) is 18.2 Å². The van der Waals surface area contributed by atoms with Crippen LogP contribution in [0.25, 0.3) is 0 Å². The van der Waals surface area contributed by atoms with Crippen molar-refractivity contribution in [2.24, 2.45) is 11.5 Å². The smallest absolute Gasteiger partial charge is 0.405 e. The number of ether oxygens (including phenoxy) is 2. The number of primary amides is 2. The number of rotatable bonds is 4. The molecule has 0 radical (unpaired) electrons. The molecular weight excluding hydrogens is 262 g/mol. The Labute approximate surface area is 107 Å². The van der Waals surface area contributed by atoms with Gasteiger partial charge >= 0.3 is 12.2 Å². The molecule has 6 nitrogen and oxygen atoms in total. The lowest BCUT2D eigenvalue weighted by molar-refractivity contribution is 0.00240. The molecule has 4 N–H and O–H groups in total. The monoisotopic (exact) mass is 274 g/mol. The zero-order valence-corrected chi connectivity index (χ0v) is 9.93. The number of hydrogen-bond acceptors (Lipinski definition) is 4. The Balaban J connectivity index is 3.11. The fraction of sp³-hybridized carbons (Fsp3) is 0.273. The first-order valence-corrected chi connectivity index (χ1v) is 5.18. The highest BCUT2D eigenvalue weighted by Gasteiger charge is 2.28. The lowest BCUT2D eigenvalue weighted by atomic mass is 10.0. The minimum absolute atomic E-state index is 0.312. The number of nitrogens with two attached hydrogens (primary N) is 2. The van der Waals surface area contributed by atoms with Gasteiger partial charge in [0.2, 0.25) is 0 Å². The quantitative estimate of drug-likeness (QED) is 0.869. The lowest BCUT2D eigenvalue weighted by Crippen LogP contribution is -2.31. The summed E-state index contributed by atoms with van der Waals surface area (Å²) in [5.41, 5.74) is 9.33. The van der Waals surface area contributed by atoms with E-state index in [0.29, 0.717) is 0 Å². The number of amides is 2. The maximum atomic E-state index is 13.6. The van der Waals surface area contributed by atoms with Crippen molar-refractivity contribution in [1.29, 1.82) is 0 Å². The van der Waals surface area contributed by atoms with Gasteiger partial charge in [0.25, 0.3) is 0 Å². The third-order valence-electron chi connectivity index (χ3n) is 2.24. The van der Waals surface area contributed by atoms with Crippen LogP contribution in [0.5, 0.6) is 0 Å². The van der Waals surface area contributed by atoms with Gasteiger partial charge in [-0.1, -0.05) is 0 Å². The van der Waals surface area contributed by atoms with Crippen LogP contribution in [0.3, 0.4) is 0 Å². The van der Waals surface area contributed by atoms with Crippen LogP contribution >= 0.6 is 0 Å². The molecule has 0 aliphatic heterocycles. The van der Waals surface area contributed by atoms with Gasteiger partial charge in [-0.3, -0.25) is 0 Å². The summed E-state index contributed by atoms with van der Waals surface area (Å²) in [5.74, 6) is -1.59. The molecule has 8 heteroatoms. The zero-order valence-electron chi connectivity index (χ0n) is 9.93. The van der Waals surface area contributed by atoms with Crippen LogP contribution in [0.2, 0.25) is 0 Å². The standard InChI is InChI=1S/C11H12F2N2O4/c1-5(18-10(14)16)9(19-11(15)17)7-4-6(12)2-3-8(7)13/h2-5,9H,1H3,(H2,14,16)(H2,15,17)/t5-,9+/m1/s1. The Kier molecular flexibility index (Phi) is 4.62. The summed E-state index contributed by atoms with van der Waals surface area (Å²) in [6, 6.07) is 2.54. The molecule has 2 atom stereocenters. The Bertz CT molecular complexity index is 496. The molecule has 1 aromatic carbocycles. The van der Waals surface area contributed by atoms with E-state index in [2.05, 4.69) is 9.47 Å². The van der Waals surface area contributed by atoms with Gasteiger partial charge in [0.15, 0.2) is 6.10 Å². The molecule has 19 heavy (non-hydrogen) atoms. The molecule has 2 amide bonds. The van der Waals surface area contributed by atoms with Crippen molar-refractivity contribution in [2.75, 3.05) is 0 Å². The van der Waals surface area contributed by atoms with Crippen molar-refractivity contribution in [2.45, 2.75) is 19.1 Å². The van der Waals surface area contributed by atoms with Crippen LogP contribution in [0, 0.1) is 11.6 Å². The summed E-state index contributed by atoms with van der Waals surface area (Å²) in [4.78, 5) is 21.4. The van der Waals surface area contributed by atoms with Crippen molar-refractivity contribution in [3.63, 3.8) is 0 Å². The SMILES string of the molecule is C[C@@H](OC(N)=O)[C@H](OC(N)=O)c1cc(F)ccc1F. The molecule has 0 unspecified atom stereocenters. The molecule has 1 rings (SSSR count). The van der Waals surface area contributed by atoms with E-state index in [1.807, 2.05) is 0 Å². The van der Waals surface area contributed by atoms with Crippen molar-refractivity contribution >= 4 is 12.2 Å². The highest BCUT2D eigenvalue weighted by molar-refractivity contribution is 5.66. The van der Waals surface area contributed by atoms with E-state index in [-0.39, 0.29) is 5.56 Å². The molecule has 0 spiro atoms. The molecule has 0 fully saturated rings. The number of hydrogen-bond donors (Lipinski definition) is 2. The number of benzene rings is 1. The molecule has 104 valence electrons. The fourth-order valence-corrected chi connectivity index (χ4v) is 1.51. The zero-order chi connectivity index (χ0) is 14.6. The van der Waals surface area contributed by atoms with Gasteiger partial charge < -0.3 is 20.9 Å². The number of halogens is 2. The fourth-order valence-electron chi connectivity index (χ4n) is 1.51. The summed E-state index contributed by atoms with van der Waals surface area (Å²) in [7, 11) is 0. The van der Waals surface area contributed by atoms with E-state index < -0.39 is 36.0 Å². The van der Waals surface area contributed by atoms with E-state index >= 15 is 0 Å². The first kappa shape index (κ1) is 14.7. The molecule has 0 aromatic heterocycles. The summed E-state index contributed by atoms with van der Waals surface area (Å²) in [5, 5.41) is 0. The van der Waals surface area contributed by atoms with Gasteiger partial charge in [-0.25, -0.2) is 18.4 Å². The highest BCUT2D eigenvalue weighted by atomic mass is 19.1. The van der Waals surface area contributed by atoms with Gasteiger partial charge in [-0.15, -0.1) is 0 Å². The minimum Gasteiger partial charge on any atom is -0.442 e. The van der Waals surface area contributed by atoms with Crippen LogP contribution in [0.1, 0.15) is 18.6 Å². The van der Waals surface area contributed by atoms with Gasteiger partial charge in [-0.2, -0.15) is 0 Å². The molecule has 0 bridgehead atoms. The van der Waals surface area contributed by atoms with Crippen LogP contribution in [0.15, 0.2) is 18.2 Å². The van der Waals surface area contributed by atoms with Gasteiger partial charge in [0, 0.05) is 5.56 Å². The summed E-state index contributed by atoms with van der Waals surface area (Å²) in [6.07, 6.45) is -4.92. The van der Waals surface area contributed by atoms with E-state index in [4.69, 9.17) is 11.5 Å². The van der Waals surface area contributed by atoms with E-state index in [9.17, 15) is 18.4 Å². The predicted octanol–water partition coefficient (Wildman–Crippen LogP) is 1.58. The van der Waals surface area contributed by atoms with Crippen molar-refractivity contribution in [3.8, 4) is 0 Å². The van der Waals surface area contributed by atoms with Crippen LogP contribution in [-0.4, -0.2) is 18.3 Å². The third-order valence-corrected chi connectivity index (χ3v) is 2.24. The lowest BCUT2D eigenvalue weighted by Gasteiger charge is -2.23. The van der Waals surface area contributed by atoms with Crippen molar-refractivity contribution < 1.29 is 27.8 Å². The summed E-state index contributed by atoms with van der Waals surface area (Å²) >= 11 is 0. The second kappa shape index (κ2) is 5.98. The van der Waals surface area contributed by atoms with Crippen LogP contribution < -0.4 is 11.5 Å². The maximum absolute atomic E-state index is 13.6. The van der Waals surface area contributed by atoms with Crippen LogP contribution in [0.4, 0.5) is 18.4 Å². The number of carbonyl (C=O) groups is 2. The minimum atomic E-state index is -1.40. The normalized spacial score (nSPS) is 13.4. The second-order valence-electron chi connectivity index (χ2n) is 3.67. The molecule has 0 saturated carbocycles. The highest BCUT2D eigenvalue weighted by Crippen LogP contribution is 2.26. The van der Waals surface area contributed by atoms with Crippen LogP contribution in [-0.2, 0) is 9.47 Å². The van der Waals surface area contributed by atoms with E-state index in [1.54, 1.807) is 0 Å². The Morgan fingerprint density at radius 2 is 1.74 bits per heavy atom. The molecule has 0 heterocycles. The molecule has 0 saturated heterocycles. The van der Waals surface area contributed by atoms with Gasteiger partial charge in [-0.05, 0) is 25.1 Å². The van der Waals surface area contributed by atoms with Gasteiger partial charge in [0.05, 0.1) is 0 Å². The number of carbonyl (C=O) groups excluding carboxylic acids is 2. The average molecular weight is 274 g/mol. The molecule has 0 aliphatic carbocycles. The molecule has 0 aliphatic rings. The molecular formula is C11H12F2N2O4. The average Bonchev–Trinajstić information content (AvgIpc) is 2.28. The first-order chi connectivity index (χ1) is 8.81. The first-order valence-electron chi connectivity index (χ1n) is 5.18. The van der Waals surface area contributed by atoms with Crippen molar-refractivity contribution in [3.05, 3.63) is 35.4 Å². The predicted molar refractivity (Wildman–Crippen MR) is 59.9 cm³/mol. The third kappa shape index (κ3) is 4.09. The second-order valence-corrected chi connectivity index (χ2v) is 3.67. The largest absolute Gasteiger partial charge is 0.442 e. The topological polar surface area (TPSA) is 105 Å². The summed E-state index contributed by atoms with van der Waals surface area (Å²) in [6.45, 7) is 1.29. The molecule has 1 aromatic rings. The van der Waals surface area contributed by atoms with Gasteiger partial charge in [0.1, 0.15) is 17.7 Å². The van der Waals surface area contributed by atoms with Crippen molar-refractivity contribution in [1.82, 2.24) is 0 Å². The summed E-state index contributed by atoms with van der Waals surface area (Å²) < 4.78 is 35.9. The Morgan fingerprint density at radius 3 is 2.26 bits per heavy atom. The maximum Gasteiger partial charge on any atom is 0.405 e. The van der Waals surface area contributed by atoms with E-state index in [1.165, 1.54) is 6.92 Å². The Hall–Kier alpha value is -2.38.